The van der Waals surface area contributed by atoms with Crippen LogP contribution in [0.4, 0.5) is 4.79 Å². The lowest BCUT2D eigenvalue weighted by molar-refractivity contribution is 0.0446. The number of carbonyl (C=O) groups is 1. The number of ether oxygens (including phenoxy) is 1. The van der Waals surface area contributed by atoms with Gasteiger partial charge in [0, 0.05) is 45.3 Å². The van der Waals surface area contributed by atoms with Crippen LogP contribution in [0.25, 0.3) is 6.08 Å². The largest absolute Gasteiger partial charge is 0.465 e. The quantitative estimate of drug-likeness (QED) is 0.807. The first-order valence-corrected chi connectivity index (χ1v) is 9.74. The van der Waals surface area contributed by atoms with E-state index in [1.54, 1.807) is 6.26 Å². The summed E-state index contributed by atoms with van der Waals surface area (Å²) in [6, 6.07) is 4.50. The van der Waals surface area contributed by atoms with Crippen molar-refractivity contribution in [3.05, 3.63) is 29.7 Å². The van der Waals surface area contributed by atoms with Gasteiger partial charge in [0.05, 0.1) is 12.9 Å². The molecule has 1 amide bonds. The van der Waals surface area contributed by atoms with Crippen molar-refractivity contribution in [2.75, 3.05) is 52.4 Å². The van der Waals surface area contributed by atoms with Crippen molar-refractivity contribution in [1.82, 2.24) is 14.7 Å². The van der Waals surface area contributed by atoms with Crippen LogP contribution in [0.5, 0.6) is 0 Å². The zero-order valence-electron chi connectivity index (χ0n) is 16.0. The van der Waals surface area contributed by atoms with Gasteiger partial charge in [-0.15, -0.1) is 0 Å². The first-order chi connectivity index (χ1) is 12.7. The van der Waals surface area contributed by atoms with E-state index in [2.05, 4.69) is 22.8 Å². The molecule has 0 N–H and O–H groups in total. The minimum absolute atomic E-state index is 0.170. The number of hydrogen-bond acceptors (Lipinski definition) is 5. The molecule has 6 heteroatoms. The smallest absolute Gasteiger partial charge is 0.409 e. The molecule has 0 aliphatic carbocycles. The highest BCUT2D eigenvalue weighted by Gasteiger charge is 2.29. The molecule has 6 nitrogen and oxygen atoms in total. The number of carbonyl (C=O) groups excluding carboxylic acids is 1. The molecule has 2 aliphatic rings. The van der Waals surface area contributed by atoms with Crippen molar-refractivity contribution < 1.29 is 13.9 Å². The molecule has 0 spiro atoms. The molecule has 0 aromatic carbocycles. The van der Waals surface area contributed by atoms with Gasteiger partial charge in [-0.1, -0.05) is 5.57 Å². The fraction of sp³-hybridized carbons (Fsp3) is 0.650. The van der Waals surface area contributed by atoms with Gasteiger partial charge >= 0.3 is 6.09 Å². The Hall–Kier alpha value is -1.79. The SMILES string of the molecule is CCOC(=O)N1CCN(C2CCCN(C/C(C)=C/c3ccco3)C2)CC1. The predicted octanol–water partition coefficient (Wildman–Crippen LogP) is 2.92. The Morgan fingerprint density at radius 3 is 2.81 bits per heavy atom. The lowest BCUT2D eigenvalue weighted by atomic mass is 10.0. The van der Waals surface area contributed by atoms with Crippen LogP contribution in [0.1, 0.15) is 32.4 Å². The van der Waals surface area contributed by atoms with E-state index in [4.69, 9.17) is 9.15 Å². The molecule has 0 radical (unpaired) electrons. The molecule has 1 atom stereocenters. The van der Waals surface area contributed by atoms with Crippen LogP contribution < -0.4 is 0 Å². The van der Waals surface area contributed by atoms with Gasteiger partial charge in [-0.3, -0.25) is 9.80 Å². The van der Waals surface area contributed by atoms with Crippen LogP contribution in [-0.2, 0) is 4.74 Å². The van der Waals surface area contributed by atoms with Crippen molar-refractivity contribution in [2.24, 2.45) is 0 Å². The van der Waals surface area contributed by atoms with Gasteiger partial charge in [-0.2, -0.15) is 0 Å². The van der Waals surface area contributed by atoms with Crippen molar-refractivity contribution >= 4 is 12.2 Å². The minimum atomic E-state index is -0.170. The number of piperazine rings is 1. The van der Waals surface area contributed by atoms with E-state index in [0.717, 1.165) is 51.6 Å². The van der Waals surface area contributed by atoms with Gasteiger partial charge in [-0.25, -0.2) is 4.79 Å². The second-order valence-electron chi connectivity index (χ2n) is 7.26. The fourth-order valence-corrected chi connectivity index (χ4v) is 3.97. The van der Waals surface area contributed by atoms with E-state index in [1.807, 2.05) is 24.0 Å². The number of nitrogens with zero attached hydrogens (tertiary/aromatic N) is 3. The summed E-state index contributed by atoms with van der Waals surface area (Å²) < 4.78 is 10.5. The van der Waals surface area contributed by atoms with Gasteiger partial charge in [0.15, 0.2) is 0 Å². The number of likely N-dealkylation sites (tertiary alicyclic amines) is 1. The molecule has 1 unspecified atom stereocenters. The van der Waals surface area contributed by atoms with Gasteiger partial charge in [0.25, 0.3) is 0 Å². The van der Waals surface area contributed by atoms with Crippen LogP contribution >= 0.6 is 0 Å². The number of rotatable bonds is 5. The molecule has 0 bridgehead atoms. The molecule has 2 aliphatic heterocycles. The van der Waals surface area contributed by atoms with Gasteiger partial charge in [0.1, 0.15) is 5.76 Å². The van der Waals surface area contributed by atoms with Crippen LogP contribution in [-0.4, -0.2) is 79.3 Å². The topological polar surface area (TPSA) is 49.2 Å². The second-order valence-corrected chi connectivity index (χ2v) is 7.26. The number of piperidine rings is 1. The Morgan fingerprint density at radius 2 is 2.12 bits per heavy atom. The Balaban J connectivity index is 1.47. The highest BCUT2D eigenvalue weighted by atomic mass is 16.6. The molecule has 26 heavy (non-hydrogen) atoms. The molecule has 2 saturated heterocycles. The number of amides is 1. The summed E-state index contributed by atoms with van der Waals surface area (Å²) >= 11 is 0. The zero-order valence-corrected chi connectivity index (χ0v) is 16.0. The van der Waals surface area contributed by atoms with E-state index in [1.165, 1.54) is 18.4 Å². The highest BCUT2D eigenvalue weighted by Crippen LogP contribution is 2.19. The van der Waals surface area contributed by atoms with Crippen LogP contribution in [0.15, 0.2) is 28.4 Å². The van der Waals surface area contributed by atoms with Crippen molar-refractivity contribution in [1.29, 1.82) is 0 Å². The van der Waals surface area contributed by atoms with Crippen LogP contribution in [0.3, 0.4) is 0 Å². The summed E-state index contributed by atoms with van der Waals surface area (Å²) in [5.74, 6) is 0.922. The fourth-order valence-electron chi connectivity index (χ4n) is 3.97. The van der Waals surface area contributed by atoms with E-state index < -0.39 is 0 Å². The lowest BCUT2D eigenvalue weighted by Crippen LogP contribution is -2.56. The van der Waals surface area contributed by atoms with Crippen molar-refractivity contribution in [3.8, 4) is 0 Å². The maximum Gasteiger partial charge on any atom is 0.409 e. The molecule has 2 fully saturated rings. The lowest BCUT2D eigenvalue weighted by Gasteiger charge is -2.43. The van der Waals surface area contributed by atoms with Crippen molar-refractivity contribution in [2.45, 2.75) is 32.7 Å². The number of hydrogen-bond donors (Lipinski definition) is 0. The summed E-state index contributed by atoms with van der Waals surface area (Å²) in [7, 11) is 0. The third-order valence-electron chi connectivity index (χ3n) is 5.24. The van der Waals surface area contributed by atoms with Gasteiger partial charge < -0.3 is 14.1 Å². The Bertz CT molecular complexity index is 591. The maximum atomic E-state index is 11.8. The Labute approximate surface area is 156 Å². The summed E-state index contributed by atoms with van der Waals surface area (Å²) in [5.41, 5.74) is 1.33. The third kappa shape index (κ3) is 5.11. The summed E-state index contributed by atoms with van der Waals surface area (Å²) in [6.07, 6.45) is 6.15. The van der Waals surface area contributed by atoms with Gasteiger partial charge in [-0.05, 0) is 51.4 Å². The standard InChI is InChI=1S/C20H31N3O3/c1-3-25-20(24)23-11-9-22(10-12-23)18-6-4-8-21(16-18)15-17(2)14-19-7-5-13-26-19/h5,7,13-14,18H,3-4,6,8-12,15-16H2,1-2H3/b17-14+. The summed E-state index contributed by atoms with van der Waals surface area (Å²) in [4.78, 5) is 18.8. The van der Waals surface area contributed by atoms with E-state index in [0.29, 0.717) is 12.6 Å². The first kappa shape index (κ1) is 19.0. The van der Waals surface area contributed by atoms with Crippen LogP contribution in [0.2, 0.25) is 0 Å². The monoisotopic (exact) mass is 361 g/mol. The molecule has 1 aromatic rings. The Morgan fingerprint density at radius 1 is 1.31 bits per heavy atom. The zero-order chi connectivity index (χ0) is 18.4. The third-order valence-corrected chi connectivity index (χ3v) is 5.24. The maximum absolute atomic E-state index is 11.8. The molecule has 0 saturated carbocycles. The highest BCUT2D eigenvalue weighted by molar-refractivity contribution is 5.67. The molecule has 1 aromatic heterocycles. The first-order valence-electron chi connectivity index (χ1n) is 9.74. The van der Waals surface area contributed by atoms with Crippen molar-refractivity contribution in [3.63, 3.8) is 0 Å². The predicted molar refractivity (Wildman–Crippen MR) is 102 cm³/mol. The van der Waals surface area contributed by atoms with E-state index >= 15 is 0 Å². The molecular formula is C20H31N3O3. The average molecular weight is 361 g/mol. The van der Waals surface area contributed by atoms with Gasteiger partial charge in [0.2, 0.25) is 0 Å². The molecular weight excluding hydrogens is 330 g/mol. The Kier molecular flexibility index (Phi) is 6.74. The minimum Gasteiger partial charge on any atom is -0.465 e. The molecule has 3 rings (SSSR count). The normalized spacial score (nSPS) is 23.2. The summed E-state index contributed by atoms with van der Waals surface area (Å²) in [6.45, 7) is 11.1. The second kappa shape index (κ2) is 9.24. The van der Waals surface area contributed by atoms with Crippen LogP contribution in [0, 0.1) is 0 Å². The molecule has 144 valence electrons. The number of furan rings is 1. The average Bonchev–Trinajstić information content (AvgIpc) is 3.15. The molecule has 3 heterocycles. The van der Waals surface area contributed by atoms with E-state index in [-0.39, 0.29) is 6.09 Å². The van der Waals surface area contributed by atoms with E-state index in [9.17, 15) is 4.79 Å². The summed E-state index contributed by atoms with van der Waals surface area (Å²) in [5, 5.41) is 0.